The molecule has 0 fully saturated rings. The lowest BCUT2D eigenvalue weighted by Crippen LogP contribution is -2.44. The molecule has 2 amide bonds. The van der Waals surface area contributed by atoms with Crippen LogP contribution in [-0.4, -0.2) is 45.7 Å². The molecule has 0 unspecified atom stereocenters. The molecule has 0 atom stereocenters. The predicted molar refractivity (Wildman–Crippen MR) is 119 cm³/mol. The summed E-state index contributed by atoms with van der Waals surface area (Å²) in [6, 6.07) is 7.15. The number of ether oxygens (including phenoxy) is 3. The van der Waals surface area contributed by atoms with Crippen molar-refractivity contribution in [3.8, 4) is 0 Å². The summed E-state index contributed by atoms with van der Waals surface area (Å²) in [5.41, 5.74) is -1.80. The van der Waals surface area contributed by atoms with Crippen LogP contribution in [0.4, 0.5) is 19.8 Å². The second-order valence-corrected chi connectivity index (χ2v) is 9.15. The fourth-order valence-electron chi connectivity index (χ4n) is 2.67. The Balaban J connectivity index is 2.62. The van der Waals surface area contributed by atoms with Crippen LogP contribution in [0, 0.1) is 5.82 Å². The van der Waals surface area contributed by atoms with Gasteiger partial charge in [-0.1, -0.05) is 18.2 Å². The quantitative estimate of drug-likeness (QED) is 0.458. The molecule has 1 aromatic heterocycles. The molecule has 0 aliphatic heterocycles. The molecule has 9 nitrogen and oxygen atoms in total. The average molecular weight is 464 g/mol. The van der Waals surface area contributed by atoms with Crippen LogP contribution in [0.15, 0.2) is 30.3 Å². The number of carbonyl (C=O) groups is 3. The number of hydrogen-bond acceptors (Lipinski definition) is 7. The number of anilines is 1. The standard InChI is InChI=1S/C23H30FN3O6/c1-8-31-19(28)17-13-18(26(25-17)14-15-11-9-10-12-16(15)24)27(20(29)32-22(2,3)4)21(30)33-23(5,6)7/h9-13H,8,14H2,1-7H3. The van der Waals surface area contributed by atoms with E-state index < -0.39 is 35.2 Å². The average Bonchev–Trinajstić information content (AvgIpc) is 3.04. The zero-order chi connectivity index (χ0) is 25.0. The number of nitrogens with zero attached hydrogens (tertiary/aromatic N) is 3. The van der Waals surface area contributed by atoms with Gasteiger partial charge in [0.25, 0.3) is 0 Å². The molecule has 0 N–H and O–H groups in total. The summed E-state index contributed by atoms with van der Waals surface area (Å²) in [5, 5.41) is 4.16. The second kappa shape index (κ2) is 10.0. The molecule has 0 bridgehead atoms. The summed E-state index contributed by atoms with van der Waals surface area (Å²) in [6.07, 6.45) is -2.08. The van der Waals surface area contributed by atoms with Gasteiger partial charge < -0.3 is 14.2 Å². The molecule has 0 aliphatic carbocycles. The van der Waals surface area contributed by atoms with Gasteiger partial charge in [-0.15, -0.1) is 0 Å². The fraction of sp³-hybridized carbons (Fsp3) is 0.478. The molecule has 180 valence electrons. The van der Waals surface area contributed by atoms with Gasteiger partial charge in [0.1, 0.15) is 22.8 Å². The number of aromatic nitrogens is 2. The van der Waals surface area contributed by atoms with Crippen LogP contribution in [0.2, 0.25) is 0 Å². The van der Waals surface area contributed by atoms with Crippen molar-refractivity contribution in [1.82, 2.24) is 9.78 Å². The van der Waals surface area contributed by atoms with E-state index in [-0.39, 0.29) is 30.2 Å². The maximum Gasteiger partial charge on any atom is 0.425 e. The molecule has 1 heterocycles. The Morgan fingerprint density at radius 1 is 1.00 bits per heavy atom. The number of rotatable bonds is 5. The van der Waals surface area contributed by atoms with Crippen molar-refractivity contribution >= 4 is 24.0 Å². The third-order valence-electron chi connectivity index (χ3n) is 3.90. The lowest BCUT2D eigenvalue weighted by Gasteiger charge is -2.28. The van der Waals surface area contributed by atoms with E-state index >= 15 is 0 Å². The molecule has 10 heteroatoms. The number of esters is 1. The van der Waals surface area contributed by atoms with Crippen molar-refractivity contribution in [2.45, 2.75) is 66.2 Å². The van der Waals surface area contributed by atoms with Crippen LogP contribution in [0.25, 0.3) is 0 Å². The Morgan fingerprint density at radius 2 is 1.55 bits per heavy atom. The maximum absolute atomic E-state index is 14.3. The molecule has 1 aromatic carbocycles. The molecule has 2 rings (SSSR count). The predicted octanol–water partition coefficient (Wildman–Crippen LogP) is 4.92. The normalized spacial score (nSPS) is 11.6. The van der Waals surface area contributed by atoms with Crippen LogP contribution in [-0.2, 0) is 20.8 Å². The van der Waals surface area contributed by atoms with Gasteiger partial charge in [-0.2, -0.15) is 10.00 Å². The summed E-state index contributed by atoms with van der Waals surface area (Å²) in [4.78, 5) is 39.0. The maximum atomic E-state index is 14.3. The highest BCUT2D eigenvalue weighted by molar-refractivity contribution is 6.09. The SMILES string of the molecule is CCOC(=O)c1cc(N(C(=O)OC(C)(C)C)C(=O)OC(C)(C)C)n(Cc2ccccc2F)n1. The Kier molecular flexibility index (Phi) is 7.84. The number of amides is 2. The van der Waals surface area contributed by atoms with Crippen molar-refractivity contribution in [2.75, 3.05) is 11.5 Å². The number of halogens is 1. The van der Waals surface area contributed by atoms with Crippen LogP contribution >= 0.6 is 0 Å². The summed E-state index contributed by atoms with van der Waals surface area (Å²) >= 11 is 0. The summed E-state index contributed by atoms with van der Waals surface area (Å²) < 4.78 is 31.3. The first-order chi connectivity index (χ1) is 15.2. The highest BCUT2D eigenvalue weighted by atomic mass is 19.1. The fourth-order valence-corrected chi connectivity index (χ4v) is 2.67. The number of imide groups is 1. The van der Waals surface area contributed by atoms with Crippen LogP contribution in [0.1, 0.15) is 64.5 Å². The van der Waals surface area contributed by atoms with Crippen LogP contribution in [0.3, 0.4) is 0 Å². The van der Waals surface area contributed by atoms with Crippen molar-refractivity contribution < 1.29 is 33.0 Å². The summed E-state index contributed by atoms with van der Waals surface area (Å²) in [7, 11) is 0. The van der Waals surface area contributed by atoms with Gasteiger partial charge in [0.15, 0.2) is 5.69 Å². The Labute approximate surface area is 192 Å². The van der Waals surface area contributed by atoms with Crippen molar-refractivity contribution in [3.63, 3.8) is 0 Å². The Bertz CT molecular complexity index is 992. The van der Waals surface area contributed by atoms with E-state index in [1.165, 1.54) is 24.3 Å². The first-order valence-electron chi connectivity index (χ1n) is 10.5. The van der Waals surface area contributed by atoms with E-state index in [1.54, 1.807) is 54.5 Å². The van der Waals surface area contributed by atoms with E-state index in [0.29, 0.717) is 4.90 Å². The van der Waals surface area contributed by atoms with E-state index in [1.807, 2.05) is 0 Å². The summed E-state index contributed by atoms with van der Waals surface area (Å²) in [6.45, 7) is 11.4. The zero-order valence-electron chi connectivity index (χ0n) is 20.0. The van der Waals surface area contributed by atoms with Gasteiger partial charge >= 0.3 is 18.2 Å². The van der Waals surface area contributed by atoms with E-state index in [4.69, 9.17) is 14.2 Å². The minimum absolute atomic E-state index is 0.0934. The van der Waals surface area contributed by atoms with Gasteiger partial charge in [0.05, 0.1) is 13.2 Å². The van der Waals surface area contributed by atoms with Crippen LogP contribution < -0.4 is 4.90 Å². The zero-order valence-corrected chi connectivity index (χ0v) is 20.0. The topological polar surface area (TPSA) is 100.0 Å². The first kappa shape index (κ1) is 25.8. The highest BCUT2D eigenvalue weighted by Crippen LogP contribution is 2.25. The summed E-state index contributed by atoms with van der Waals surface area (Å²) in [5.74, 6) is -1.41. The minimum Gasteiger partial charge on any atom is -0.461 e. The lowest BCUT2D eigenvalue weighted by molar-refractivity contribution is 0.0424. The third-order valence-corrected chi connectivity index (χ3v) is 3.90. The van der Waals surface area contributed by atoms with E-state index in [2.05, 4.69) is 5.10 Å². The van der Waals surface area contributed by atoms with E-state index in [9.17, 15) is 18.8 Å². The second-order valence-electron chi connectivity index (χ2n) is 9.15. The molecule has 33 heavy (non-hydrogen) atoms. The molecular formula is C23H30FN3O6. The van der Waals surface area contributed by atoms with Gasteiger partial charge in [-0.3, -0.25) is 0 Å². The Hall–Kier alpha value is -3.43. The van der Waals surface area contributed by atoms with Gasteiger partial charge in [0.2, 0.25) is 0 Å². The molecule has 0 saturated heterocycles. The molecule has 2 aromatic rings. The van der Waals surface area contributed by atoms with Crippen molar-refractivity contribution in [2.24, 2.45) is 0 Å². The monoisotopic (exact) mass is 463 g/mol. The largest absolute Gasteiger partial charge is 0.461 e. The Morgan fingerprint density at radius 3 is 2.03 bits per heavy atom. The van der Waals surface area contributed by atoms with Crippen molar-refractivity contribution in [1.29, 1.82) is 0 Å². The van der Waals surface area contributed by atoms with Crippen molar-refractivity contribution in [3.05, 3.63) is 47.4 Å². The molecule has 0 saturated carbocycles. The van der Waals surface area contributed by atoms with Gasteiger partial charge in [-0.05, 0) is 54.5 Å². The first-order valence-corrected chi connectivity index (χ1v) is 10.5. The van der Waals surface area contributed by atoms with Crippen LogP contribution in [0.5, 0.6) is 0 Å². The van der Waals surface area contributed by atoms with Gasteiger partial charge in [-0.25, -0.2) is 23.5 Å². The number of benzene rings is 1. The highest BCUT2D eigenvalue weighted by Gasteiger charge is 2.36. The molecule has 0 radical (unpaired) electrons. The minimum atomic E-state index is -1.04. The molecule has 0 aliphatic rings. The number of carbonyl (C=O) groups excluding carboxylic acids is 3. The smallest absolute Gasteiger partial charge is 0.425 e. The van der Waals surface area contributed by atoms with E-state index in [0.717, 1.165) is 4.68 Å². The molecular weight excluding hydrogens is 433 g/mol. The lowest BCUT2D eigenvalue weighted by atomic mass is 10.2. The molecule has 0 spiro atoms. The third kappa shape index (κ3) is 7.30. The van der Waals surface area contributed by atoms with Gasteiger partial charge in [0, 0.05) is 11.6 Å². The number of hydrogen-bond donors (Lipinski definition) is 0.